The van der Waals surface area contributed by atoms with Gasteiger partial charge in [0.2, 0.25) is 0 Å². The van der Waals surface area contributed by atoms with Gasteiger partial charge in [0.15, 0.2) is 6.10 Å². The van der Waals surface area contributed by atoms with Crippen molar-refractivity contribution in [2.75, 3.05) is 26.4 Å². The highest BCUT2D eigenvalue weighted by Gasteiger charge is 2.21. The van der Waals surface area contributed by atoms with Crippen LogP contribution in [0, 0.1) is 0 Å². The molecule has 108 valence electrons. The topological polar surface area (TPSA) is 84.9 Å². The summed E-state index contributed by atoms with van der Waals surface area (Å²) in [7, 11) is 0. The maximum absolute atomic E-state index is 11.7. The monoisotopic (exact) mass is 279 g/mol. The van der Waals surface area contributed by atoms with Crippen molar-refractivity contribution in [2.24, 2.45) is 0 Å². The molecular formula is C14H17NO5. The highest BCUT2D eigenvalue weighted by atomic mass is 16.6. The first-order valence-corrected chi connectivity index (χ1v) is 6.46. The van der Waals surface area contributed by atoms with Crippen LogP contribution in [0.1, 0.15) is 15.9 Å². The predicted octanol–water partition coefficient (Wildman–Crippen LogP) is 0.459. The van der Waals surface area contributed by atoms with Crippen LogP contribution in [0.25, 0.3) is 0 Å². The number of benzene rings is 1. The van der Waals surface area contributed by atoms with Crippen molar-refractivity contribution in [3.63, 3.8) is 0 Å². The Morgan fingerprint density at radius 2 is 2.00 bits per heavy atom. The lowest BCUT2D eigenvalue weighted by molar-refractivity contribution is -0.147. The molecule has 0 bridgehead atoms. The number of carboxylic acid groups (broad SMARTS) is 1. The number of hydrogen-bond donors (Lipinski definition) is 2. The van der Waals surface area contributed by atoms with E-state index in [1.165, 1.54) is 0 Å². The number of rotatable bonds is 5. The van der Waals surface area contributed by atoms with Crippen molar-refractivity contribution in [3.05, 3.63) is 35.4 Å². The summed E-state index contributed by atoms with van der Waals surface area (Å²) in [4.78, 5) is 22.4. The molecule has 2 rings (SSSR count). The number of nitrogens with one attached hydrogen (secondary N) is 1. The summed E-state index contributed by atoms with van der Waals surface area (Å²) in [6, 6.07) is 6.60. The molecule has 0 spiro atoms. The molecule has 1 amide bonds. The maximum atomic E-state index is 11.7. The van der Waals surface area contributed by atoms with Crippen LogP contribution >= 0.6 is 0 Å². The van der Waals surface area contributed by atoms with Gasteiger partial charge in [-0.3, -0.25) is 4.79 Å². The van der Waals surface area contributed by atoms with Crippen LogP contribution in [0.4, 0.5) is 0 Å². The molecule has 6 heteroatoms. The lowest BCUT2D eigenvalue weighted by Gasteiger charge is -2.22. The van der Waals surface area contributed by atoms with Crippen molar-refractivity contribution in [1.29, 1.82) is 0 Å². The van der Waals surface area contributed by atoms with Gasteiger partial charge in [-0.05, 0) is 24.1 Å². The summed E-state index contributed by atoms with van der Waals surface area (Å²) in [5, 5.41) is 11.6. The summed E-state index contributed by atoms with van der Waals surface area (Å²) in [6.07, 6.45) is 0.109. The van der Waals surface area contributed by atoms with Crippen LogP contribution in [0.3, 0.4) is 0 Å². The van der Waals surface area contributed by atoms with Crippen LogP contribution in [0.5, 0.6) is 0 Å². The van der Waals surface area contributed by atoms with E-state index in [1.807, 2.05) is 0 Å². The second-order valence-corrected chi connectivity index (χ2v) is 4.48. The van der Waals surface area contributed by atoms with Crippen LogP contribution in [0.2, 0.25) is 0 Å². The number of carbonyl (C=O) groups excluding carboxylic acids is 1. The second kappa shape index (κ2) is 7.02. The van der Waals surface area contributed by atoms with E-state index >= 15 is 0 Å². The third-order valence-corrected chi connectivity index (χ3v) is 3.02. The van der Waals surface area contributed by atoms with Crippen LogP contribution < -0.4 is 5.32 Å². The number of carboxylic acids is 1. The smallest absolute Gasteiger partial charge is 0.335 e. The summed E-state index contributed by atoms with van der Waals surface area (Å²) >= 11 is 0. The van der Waals surface area contributed by atoms with E-state index in [9.17, 15) is 9.59 Å². The minimum absolute atomic E-state index is 0.174. The van der Waals surface area contributed by atoms with E-state index in [0.29, 0.717) is 32.8 Å². The first-order valence-electron chi connectivity index (χ1n) is 6.46. The molecule has 0 aliphatic carbocycles. The number of carbonyl (C=O) groups is 2. The van der Waals surface area contributed by atoms with Gasteiger partial charge in [-0.15, -0.1) is 0 Å². The highest BCUT2D eigenvalue weighted by molar-refractivity contribution is 5.87. The van der Waals surface area contributed by atoms with Gasteiger partial charge in [0.1, 0.15) is 0 Å². The van der Waals surface area contributed by atoms with Crippen LogP contribution in [0.15, 0.2) is 24.3 Å². The fourth-order valence-corrected chi connectivity index (χ4v) is 1.90. The van der Waals surface area contributed by atoms with Crippen molar-refractivity contribution >= 4 is 11.9 Å². The number of ether oxygens (including phenoxy) is 2. The fraction of sp³-hybridized carbons (Fsp3) is 0.429. The highest BCUT2D eigenvalue weighted by Crippen LogP contribution is 2.05. The van der Waals surface area contributed by atoms with Crippen LogP contribution in [-0.2, 0) is 20.7 Å². The maximum Gasteiger partial charge on any atom is 0.335 e. The average Bonchev–Trinajstić information content (AvgIpc) is 2.48. The molecule has 6 nitrogen and oxygen atoms in total. The number of amides is 1. The molecule has 2 N–H and O–H groups in total. The van der Waals surface area contributed by atoms with Crippen molar-refractivity contribution < 1.29 is 24.2 Å². The van der Waals surface area contributed by atoms with Crippen LogP contribution in [-0.4, -0.2) is 49.5 Å². The molecule has 0 aromatic heterocycles. The molecule has 1 atom stereocenters. The normalized spacial score (nSPS) is 18.5. The summed E-state index contributed by atoms with van der Waals surface area (Å²) < 4.78 is 10.4. The SMILES string of the molecule is O=C(O)c1ccc(CCNC(=O)C2COCCO2)cc1. The molecule has 20 heavy (non-hydrogen) atoms. The Labute approximate surface area is 116 Å². The van der Waals surface area contributed by atoms with Gasteiger partial charge in [-0.2, -0.15) is 0 Å². The molecule has 1 unspecified atom stereocenters. The van der Waals surface area contributed by atoms with Crippen molar-refractivity contribution in [1.82, 2.24) is 5.32 Å². The molecule has 1 aliphatic heterocycles. The van der Waals surface area contributed by atoms with E-state index < -0.39 is 12.1 Å². The molecule has 1 saturated heterocycles. The summed E-state index contributed by atoms with van der Waals surface area (Å²) in [5.74, 6) is -1.12. The average molecular weight is 279 g/mol. The van der Waals surface area contributed by atoms with Gasteiger partial charge in [0, 0.05) is 6.54 Å². The molecule has 1 aromatic rings. The zero-order valence-electron chi connectivity index (χ0n) is 11.0. The van der Waals surface area contributed by atoms with Gasteiger partial charge in [0.05, 0.1) is 25.4 Å². The zero-order chi connectivity index (χ0) is 14.4. The predicted molar refractivity (Wildman–Crippen MR) is 70.7 cm³/mol. The van der Waals surface area contributed by atoms with Gasteiger partial charge < -0.3 is 19.9 Å². The third kappa shape index (κ3) is 4.04. The second-order valence-electron chi connectivity index (χ2n) is 4.48. The van der Waals surface area contributed by atoms with E-state index in [4.69, 9.17) is 14.6 Å². The first-order chi connectivity index (χ1) is 9.66. The summed E-state index contributed by atoms with van der Waals surface area (Å²) in [6.45, 7) is 1.73. The molecule has 1 aliphatic rings. The Hall–Kier alpha value is -1.92. The number of aromatic carboxylic acids is 1. The van der Waals surface area contributed by atoms with E-state index in [0.717, 1.165) is 5.56 Å². The van der Waals surface area contributed by atoms with E-state index in [-0.39, 0.29) is 11.5 Å². The van der Waals surface area contributed by atoms with Gasteiger partial charge in [-0.1, -0.05) is 12.1 Å². The number of hydrogen-bond acceptors (Lipinski definition) is 4. The molecule has 0 saturated carbocycles. The lowest BCUT2D eigenvalue weighted by atomic mass is 10.1. The van der Waals surface area contributed by atoms with E-state index in [1.54, 1.807) is 24.3 Å². The minimum atomic E-state index is -0.945. The Balaban J connectivity index is 1.74. The third-order valence-electron chi connectivity index (χ3n) is 3.02. The van der Waals surface area contributed by atoms with Gasteiger partial charge >= 0.3 is 5.97 Å². The fourth-order valence-electron chi connectivity index (χ4n) is 1.90. The van der Waals surface area contributed by atoms with E-state index in [2.05, 4.69) is 5.32 Å². The lowest BCUT2D eigenvalue weighted by Crippen LogP contribution is -2.43. The molecule has 1 heterocycles. The largest absolute Gasteiger partial charge is 0.478 e. The molecule has 1 fully saturated rings. The quantitative estimate of drug-likeness (QED) is 0.818. The Bertz CT molecular complexity index is 465. The Morgan fingerprint density at radius 3 is 2.60 bits per heavy atom. The minimum Gasteiger partial charge on any atom is -0.478 e. The van der Waals surface area contributed by atoms with Gasteiger partial charge in [0.25, 0.3) is 5.91 Å². The Kier molecular flexibility index (Phi) is 5.09. The zero-order valence-corrected chi connectivity index (χ0v) is 11.0. The standard InChI is InChI=1S/C14H17NO5/c16-13(12-9-19-7-8-20-12)15-6-5-10-1-3-11(4-2-10)14(17)18/h1-4,12H,5-9H2,(H,15,16)(H,17,18). The molecule has 1 aromatic carbocycles. The van der Waals surface area contributed by atoms with Gasteiger partial charge in [-0.25, -0.2) is 4.79 Å². The van der Waals surface area contributed by atoms with Crippen molar-refractivity contribution in [3.8, 4) is 0 Å². The van der Waals surface area contributed by atoms with Crippen molar-refractivity contribution in [2.45, 2.75) is 12.5 Å². The first kappa shape index (κ1) is 14.5. The molecule has 0 radical (unpaired) electrons. The summed E-state index contributed by atoms with van der Waals surface area (Å²) in [5.41, 5.74) is 1.22. The molecular weight excluding hydrogens is 262 g/mol. The Morgan fingerprint density at radius 1 is 1.25 bits per heavy atom.